The fourth-order valence-corrected chi connectivity index (χ4v) is 4.20. The number of carbonyl (C=O) groups excluding carboxylic acids is 1. The summed E-state index contributed by atoms with van der Waals surface area (Å²) in [5, 5.41) is 0. The third-order valence-electron chi connectivity index (χ3n) is 5.12. The van der Waals surface area contributed by atoms with E-state index in [4.69, 9.17) is 0 Å². The number of rotatable bonds is 3. The molecule has 20 heavy (non-hydrogen) atoms. The van der Waals surface area contributed by atoms with Crippen molar-refractivity contribution in [1.82, 2.24) is 4.90 Å². The standard InChI is InChI=1S/C18H33NO/c1-18(2,3)19(16-12-8-5-9-13-16)17(20)14-15-10-6-4-7-11-15/h15-16H,4-14H2,1-3H3. The van der Waals surface area contributed by atoms with E-state index < -0.39 is 0 Å². The van der Waals surface area contributed by atoms with Crippen LogP contribution in [-0.4, -0.2) is 22.4 Å². The summed E-state index contributed by atoms with van der Waals surface area (Å²) in [6, 6.07) is 0.500. The van der Waals surface area contributed by atoms with Gasteiger partial charge in [0.2, 0.25) is 5.91 Å². The van der Waals surface area contributed by atoms with E-state index in [0.29, 0.717) is 17.9 Å². The van der Waals surface area contributed by atoms with Crippen LogP contribution in [0, 0.1) is 5.92 Å². The van der Waals surface area contributed by atoms with Crippen LogP contribution in [0.5, 0.6) is 0 Å². The van der Waals surface area contributed by atoms with Gasteiger partial charge in [0, 0.05) is 18.0 Å². The summed E-state index contributed by atoms with van der Waals surface area (Å²) in [5.74, 6) is 1.08. The Hall–Kier alpha value is -0.530. The van der Waals surface area contributed by atoms with Crippen molar-refractivity contribution in [3.05, 3.63) is 0 Å². The van der Waals surface area contributed by atoms with Crippen LogP contribution in [0.1, 0.15) is 91.4 Å². The van der Waals surface area contributed by atoms with Crippen molar-refractivity contribution in [1.29, 1.82) is 0 Å². The summed E-state index contributed by atoms with van der Waals surface area (Å²) in [6.07, 6.45) is 13.8. The van der Waals surface area contributed by atoms with Gasteiger partial charge in [-0.1, -0.05) is 38.5 Å². The van der Waals surface area contributed by atoms with Crippen LogP contribution < -0.4 is 0 Å². The summed E-state index contributed by atoms with van der Waals surface area (Å²) >= 11 is 0. The molecule has 2 aliphatic carbocycles. The fraction of sp³-hybridized carbons (Fsp3) is 0.944. The molecule has 0 atom stereocenters. The average Bonchev–Trinajstić information content (AvgIpc) is 2.39. The highest BCUT2D eigenvalue weighted by atomic mass is 16.2. The second-order valence-corrected chi connectivity index (χ2v) is 7.93. The monoisotopic (exact) mass is 279 g/mol. The molecular formula is C18H33NO. The lowest BCUT2D eigenvalue weighted by Crippen LogP contribution is -2.52. The normalized spacial score (nSPS) is 22.8. The molecule has 0 N–H and O–H groups in total. The Bertz CT molecular complexity index is 306. The van der Waals surface area contributed by atoms with E-state index in [2.05, 4.69) is 25.7 Å². The minimum atomic E-state index is -0.0201. The van der Waals surface area contributed by atoms with Gasteiger partial charge in [-0.05, 0) is 52.4 Å². The van der Waals surface area contributed by atoms with Crippen molar-refractivity contribution in [2.24, 2.45) is 5.92 Å². The summed E-state index contributed by atoms with van der Waals surface area (Å²) in [6.45, 7) is 6.63. The molecule has 0 aromatic heterocycles. The Labute approximate surface area is 125 Å². The van der Waals surface area contributed by atoms with Crippen LogP contribution >= 0.6 is 0 Å². The molecule has 1 amide bonds. The van der Waals surface area contributed by atoms with Gasteiger partial charge in [-0.15, -0.1) is 0 Å². The van der Waals surface area contributed by atoms with E-state index in [-0.39, 0.29) is 5.54 Å². The van der Waals surface area contributed by atoms with E-state index in [1.54, 1.807) is 0 Å². The van der Waals surface area contributed by atoms with E-state index in [1.807, 2.05) is 0 Å². The maximum Gasteiger partial charge on any atom is 0.223 e. The summed E-state index contributed by atoms with van der Waals surface area (Å²) in [7, 11) is 0. The van der Waals surface area contributed by atoms with Crippen LogP contribution in [0.25, 0.3) is 0 Å². The molecule has 0 unspecified atom stereocenters. The number of carbonyl (C=O) groups is 1. The second-order valence-electron chi connectivity index (χ2n) is 7.93. The SMILES string of the molecule is CC(C)(C)N(C(=O)CC1CCCCC1)C1CCCCC1. The maximum absolute atomic E-state index is 12.9. The van der Waals surface area contributed by atoms with Crippen LogP contribution in [0.2, 0.25) is 0 Å². The number of nitrogens with zero attached hydrogens (tertiary/aromatic N) is 1. The number of amides is 1. The predicted molar refractivity (Wildman–Crippen MR) is 84.7 cm³/mol. The predicted octanol–water partition coefficient (Wildman–Crippen LogP) is 4.92. The molecule has 0 aliphatic heterocycles. The largest absolute Gasteiger partial charge is 0.335 e. The van der Waals surface area contributed by atoms with Crippen LogP contribution in [0.15, 0.2) is 0 Å². The highest BCUT2D eigenvalue weighted by Crippen LogP contribution is 2.32. The van der Waals surface area contributed by atoms with Crippen molar-refractivity contribution in [3.8, 4) is 0 Å². The lowest BCUT2D eigenvalue weighted by Gasteiger charge is -2.44. The Morgan fingerprint density at radius 2 is 1.40 bits per heavy atom. The van der Waals surface area contributed by atoms with Gasteiger partial charge in [-0.25, -0.2) is 0 Å². The molecule has 2 saturated carbocycles. The van der Waals surface area contributed by atoms with Crippen molar-refractivity contribution in [3.63, 3.8) is 0 Å². The Balaban J connectivity index is 1.99. The maximum atomic E-state index is 12.9. The number of hydrogen-bond acceptors (Lipinski definition) is 1. The second kappa shape index (κ2) is 6.95. The molecule has 2 rings (SSSR count). The molecule has 0 radical (unpaired) electrons. The lowest BCUT2D eigenvalue weighted by molar-refractivity contribution is -0.141. The molecule has 0 aromatic rings. The van der Waals surface area contributed by atoms with Crippen LogP contribution in [0.4, 0.5) is 0 Å². The zero-order chi connectivity index (χ0) is 14.6. The van der Waals surface area contributed by atoms with Gasteiger partial charge in [0.15, 0.2) is 0 Å². The lowest BCUT2D eigenvalue weighted by atomic mass is 9.85. The van der Waals surface area contributed by atoms with Crippen molar-refractivity contribution >= 4 is 5.91 Å². The zero-order valence-corrected chi connectivity index (χ0v) is 13.8. The molecule has 2 aliphatic rings. The molecule has 0 heterocycles. The van der Waals surface area contributed by atoms with E-state index in [9.17, 15) is 4.79 Å². The summed E-state index contributed by atoms with van der Waals surface area (Å²) in [4.78, 5) is 15.1. The quantitative estimate of drug-likeness (QED) is 0.718. The van der Waals surface area contributed by atoms with E-state index in [1.165, 1.54) is 64.2 Å². The first kappa shape index (κ1) is 15.9. The van der Waals surface area contributed by atoms with Crippen LogP contribution in [-0.2, 0) is 4.79 Å². The third kappa shape index (κ3) is 4.23. The van der Waals surface area contributed by atoms with Crippen molar-refractivity contribution in [2.75, 3.05) is 0 Å². The molecule has 0 aromatic carbocycles. The summed E-state index contributed by atoms with van der Waals surface area (Å²) in [5.41, 5.74) is -0.0201. The molecule has 0 spiro atoms. The Kier molecular flexibility index (Phi) is 5.51. The first-order chi connectivity index (χ1) is 9.48. The average molecular weight is 279 g/mol. The van der Waals surface area contributed by atoms with Crippen molar-refractivity contribution < 1.29 is 4.79 Å². The Morgan fingerprint density at radius 3 is 1.90 bits per heavy atom. The smallest absolute Gasteiger partial charge is 0.223 e. The topological polar surface area (TPSA) is 20.3 Å². The van der Waals surface area contributed by atoms with Crippen molar-refractivity contribution in [2.45, 2.75) is 103 Å². The Morgan fingerprint density at radius 1 is 0.900 bits per heavy atom. The fourth-order valence-electron chi connectivity index (χ4n) is 4.20. The molecule has 2 heteroatoms. The first-order valence-electron chi connectivity index (χ1n) is 8.80. The van der Waals surface area contributed by atoms with E-state index >= 15 is 0 Å². The van der Waals surface area contributed by atoms with Crippen LogP contribution in [0.3, 0.4) is 0 Å². The van der Waals surface area contributed by atoms with Gasteiger partial charge in [0.25, 0.3) is 0 Å². The molecular weight excluding hydrogens is 246 g/mol. The van der Waals surface area contributed by atoms with E-state index in [0.717, 1.165) is 6.42 Å². The third-order valence-corrected chi connectivity index (χ3v) is 5.12. The molecule has 2 fully saturated rings. The first-order valence-corrected chi connectivity index (χ1v) is 8.80. The minimum absolute atomic E-state index is 0.0201. The molecule has 0 saturated heterocycles. The molecule has 2 nitrogen and oxygen atoms in total. The minimum Gasteiger partial charge on any atom is -0.335 e. The zero-order valence-electron chi connectivity index (χ0n) is 13.8. The highest BCUT2D eigenvalue weighted by Gasteiger charge is 2.34. The summed E-state index contributed by atoms with van der Waals surface area (Å²) < 4.78 is 0. The van der Waals surface area contributed by atoms with Gasteiger partial charge in [0.05, 0.1) is 0 Å². The molecule has 0 bridgehead atoms. The van der Waals surface area contributed by atoms with Gasteiger partial charge < -0.3 is 4.90 Å². The molecule has 116 valence electrons. The van der Waals surface area contributed by atoms with Gasteiger partial charge in [0.1, 0.15) is 0 Å². The van der Waals surface area contributed by atoms with Gasteiger partial charge in [-0.2, -0.15) is 0 Å². The van der Waals surface area contributed by atoms with Gasteiger partial charge in [-0.3, -0.25) is 4.79 Å². The number of hydrogen-bond donors (Lipinski definition) is 0. The highest BCUT2D eigenvalue weighted by molar-refractivity contribution is 5.77. The van der Waals surface area contributed by atoms with Gasteiger partial charge >= 0.3 is 0 Å².